The molecule has 12 heteroatoms. The van der Waals surface area contributed by atoms with Crippen LogP contribution in [0.15, 0.2) is 134 Å². The number of carbonyl (C=O) groups is 3. The highest BCUT2D eigenvalue weighted by molar-refractivity contribution is 7.47. The summed E-state index contributed by atoms with van der Waals surface area (Å²) >= 11 is 0. The largest absolute Gasteiger partial charge is 0.472 e. The lowest BCUT2D eigenvalue weighted by Gasteiger charge is -2.21. The molecule has 406 valence electrons. The standard InChI is InChI=1S/C60H95O11P/c1-4-7-10-13-16-19-22-24-26-27-28-29-31-33-36-39-42-45-48-51-60(64)71-57(53-67-58(62)49-46-43-40-37-35-32-30-25-23-20-17-14-11-8-5-2)55-69-72(65,66)68-54-56(52-61)70-59(63)50-47-44-41-38-34-21-18-15-12-9-6-3/h7-8,10-11,15-20,24-26,28-30,33,35-37,43,46,56-57,61H,4-6,9,12-14,21-23,27,31-32,34,38-42,44-45,47-55H2,1-3H3,(H,65,66)/b10-7-,11-8-,18-15-,19-16-,20-17-,26-24-,29-28-,30-25-,36-33-,37-35-,46-43-. The molecule has 0 aromatic heterocycles. The minimum absolute atomic E-state index is 0.0210. The zero-order valence-electron chi connectivity index (χ0n) is 44.6. The molecule has 0 aromatic rings. The first kappa shape index (κ1) is 67.6. The maximum absolute atomic E-state index is 12.9. The average Bonchev–Trinajstić information content (AvgIpc) is 3.37. The van der Waals surface area contributed by atoms with Crippen molar-refractivity contribution >= 4 is 25.7 Å². The Balaban J connectivity index is 4.94. The lowest BCUT2D eigenvalue weighted by molar-refractivity contribution is -0.161. The number of aliphatic hydroxyl groups excluding tert-OH is 1. The van der Waals surface area contributed by atoms with Crippen LogP contribution in [-0.4, -0.2) is 66.5 Å². The topological polar surface area (TPSA) is 155 Å². The summed E-state index contributed by atoms with van der Waals surface area (Å²) in [6, 6.07) is 0. The van der Waals surface area contributed by atoms with Gasteiger partial charge in [0.1, 0.15) is 12.7 Å². The number of hydrogen-bond acceptors (Lipinski definition) is 10. The number of aliphatic hydroxyl groups is 1. The lowest BCUT2D eigenvalue weighted by atomic mass is 10.1. The maximum Gasteiger partial charge on any atom is 0.472 e. The molecule has 11 nitrogen and oxygen atoms in total. The zero-order chi connectivity index (χ0) is 52.7. The van der Waals surface area contributed by atoms with E-state index in [4.69, 9.17) is 23.3 Å². The number of hydrogen-bond donors (Lipinski definition) is 2. The Kier molecular flexibility index (Phi) is 49.7. The molecule has 72 heavy (non-hydrogen) atoms. The van der Waals surface area contributed by atoms with Gasteiger partial charge in [-0.1, -0.05) is 193 Å². The van der Waals surface area contributed by atoms with Crippen LogP contribution in [0.4, 0.5) is 0 Å². The quantitative estimate of drug-likeness (QED) is 0.0197. The predicted octanol–water partition coefficient (Wildman–Crippen LogP) is 15.8. The molecule has 0 amide bonds. The normalized spacial score (nSPS) is 14.5. The average molecular weight is 1020 g/mol. The second kappa shape index (κ2) is 52.9. The van der Waals surface area contributed by atoms with Crippen molar-refractivity contribution in [3.63, 3.8) is 0 Å². The summed E-state index contributed by atoms with van der Waals surface area (Å²) in [5.74, 6) is -1.69. The van der Waals surface area contributed by atoms with Gasteiger partial charge >= 0.3 is 25.7 Å². The SMILES string of the molecule is CC/C=C\C/C=C\C/C=C\C/C=C\C/C=C\CCCCCC(=O)OC(COC(=O)C/C=C\C/C=C\C/C=C\C/C=C\C/C=C\CC)COP(=O)(O)OCC(CO)OC(=O)CCCCCCC/C=C\CCCC. The van der Waals surface area contributed by atoms with Gasteiger partial charge in [0.25, 0.3) is 0 Å². The summed E-state index contributed by atoms with van der Waals surface area (Å²) in [7, 11) is -4.78. The second-order valence-electron chi connectivity index (χ2n) is 17.3. The van der Waals surface area contributed by atoms with Crippen molar-refractivity contribution < 1.29 is 52.2 Å². The number of rotatable bonds is 48. The molecular weight excluding hydrogens is 928 g/mol. The fraction of sp³-hybridized carbons (Fsp3) is 0.583. The van der Waals surface area contributed by atoms with E-state index in [1.54, 1.807) is 6.08 Å². The fourth-order valence-corrected chi connectivity index (χ4v) is 7.28. The van der Waals surface area contributed by atoms with E-state index in [0.29, 0.717) is 19.3 Å². The highest BCUT2D eigenvalue weighted by Crippen LogP contribution is 2.43. The number of unbranched alkanes of at least 4 members (excludes halogenated alkanes) is 10. The minimum atomic E-state index is -4.78. The van der Waals surface area contributed by atoms with Crippen LogP contribution in [0.25, 0.3) is 0 Å². The molecule has 3 unspecified atom stereocenters. The molecule has 0 radical (unpaired) electrons. The Morgan fingerprint density at radius 2 is 0.764 bits per heavy atom. The van der Waals surface area contributed by atoms with Crippen LogP contribution < -0.4 is 0 Å². The highest BCUT2D eigenvalue weighted by Gasteiger charge is 2.28. The lowest BCUT2D eigenvalue weighted by Crippen LogP contribution is -2.30. The first-order chi connectivity index (χ1) is 35.2. The Labute approximate surface area is 436 Å². The predicted molar refractivity (Wildman–Crippen MR) is 297 cm³/mol. The van der Waals surface area contributed by atoms with Gasteiger partial charge in [-0.15, -0.1) is 0 Å². The number of carbonyl (C=O) groups excluding carboxylic acids is 3. The van der Waals surface area contributed by atoms with Gasteiger partial charge in [0, 0.05) is 12.8 Å². The van der Waals surface area contributed by atoms with Crippen molar-refractivity contribution in [3.8, 4) is 0 Å². The van der Waals surface area contributed by atoms with Crippen LogP contribution >= 0.6 is 7.82 Å². The van der Waals surface area contributed by atoms with Gasteiger partial charge in [-0.05, 0) is 109 Å². The van der Waals surface area contributed by atoms with E-state index in [-0.39, 0.29) is 19.3 Å². The van der Waals surface area contributed by atoms with E-state index >= 15 is 0 Å². The van der Waals surface area contributed by atoms with E-state index < -0.39 is 64.4 Å². The molecule has 3 atom stereocenters. The summed E-state index contributed by atoms with van der Waals surface area (Å²) in [6.07, 6.45) is 65.9. The molecule has 0 rings (SSSR count). The van der Waals surface area contributed by atoms with Gasteiger partial charge in [-0.3, -0.25) is 23.4 Å². The highest BCUT2D eigenvalue weighted by atomic mass is 31.2. The summed E-state index contributed by atoms with van der Waals surface area (Å²) in [6.45, 7) is 4.18. The van der Waals surface area contributed by atoms with E-state index in [1.807, 2.05) is 12.2 Å². The van der Waals surface area contributed by atoms with Crippen molar-refractivity contribution in [2.75, 3.05) is 26.4 Å². The Morgan fingerprint density at radius 1 is 0.417 bits per heavy atom. The van der Waals surface area contributed by atoms with Gasteiger partial charge in [-0.2, -0.15) is 0 Å². The van der Waals surface area contributed by atoms with Crippen LogP contribution in [0.5, 0.6) is 0 Å². The van der Waals surface area contributed by atoms with Gasteiger partial charge in [0.05, 0.1) is 26.2 Å². The first-order valence-electron chi connectivity index (χ1n) is 27.1. The van der Waals surface area contributed by atoms with E-state index in [1.165, 1.54) is 12.8 Å². The third-order valence-corrected chi connectivity index (χ3v) is 11.5. The monoisotopic (exact) mass is 1020 g/mol. The Bertz CT molecular complexity index is 1710. The maximum atomic E-state index is 12.9. The van der Waals surface area contributed by atoms with Gasteiger partial charge in [-0.25, -0.2) is 4.57 Å². The van der Waals surface area contributed by atoms with Crippen molar-refractivity contribution in [3.05, 3.63) is 134 Å². The molecular formula is C60H95O11P. The zero-order valence-corrected chi connectivity index (χ0v) is 45.5. The van der Waals surface area contributed by atoms with Gasteiger partial charge < -0.3 is 24.2 Å². The molecule has 0 aliphatic carbocycles. The molecule has 2 N–H and O–H groups in total. The fourth-order valence-electron chi connectivity index (χ4n) is 6.49. The van der Waals surface area contributed by atoms with Crippen molar-refractivity contribution in [2.45, 2.75) is 200 Å². The van der Waals surface area contributed by atoms with E-state index in [2.05, 4.69) is 136 Å². The van der Waals surface area contributed by atoms with E-state index in [9.17, 15) is 28.9 Å². The van der Waals surface area contributed by atoms with Gasteiger partial charge in [0.2, 0.25) is 0 Å². The van der Waals surface area contributed by atoms with Crippen molar-refractivity contribution in [2.24, 2.45) is 0 Å². The van der Waals surface area contributed by atoms with E-state index in [0.717, 1.165) is 116 Å². The second-order valence-corrected chi connectivity index (χ2v) is 18.7. The summed E-state index contributed by atoms with van der Waals surface area (Å²) in [4.78, 5) is 48.3. The third-order valence-electron chi connectivity index (χ3n) is 10.6. The number of allylic oxidation sites excluding steroid dienone is 21. The molecule has 0 saturated carbocycles. The minimum Gasteiger partial charge on any atom is -0.461 e. The number of phosphoric ester groups is 1. The molecule has 0 bridgehead atoms. The summed E-state index contributed by atoms with van der Waals surface area (Å²) < 4.78 is 39.2. The Morgan fingerprint density at radius 3 is 1.21 bits per heavy atom. The number of ether oxygens (including phenoxy) is 3. The third kappa shape index (κ3) is 50.6. The van der Waals surface area contributed by atoms with Crippen LogP contribution in [0.1, 0.15) is 188 Å². The first-order valence-corrected chi connectivity index (χ1v) is 28.6. The summed E-state index contributed by atoms with van der Waals surface area (Å²) in [5, 5.41) is 9.77. The van der Waals surface area contributed by atoms with Crippen molar-refractivity contribution in [1.82, 2.24) is 0 Å². The van der Waals surface area contributed by atoms with Crippen LogP contribution in [0.3, 0.4) is 0 Å². The molecule has 0 aliphatic rings. The molecule has 0 fully saturated rings. The van der Waals surface area contributed by atoms with Crippen molar-refractivity contribution in [1.29, 1.82) is 0 Å². The molecule has 0 aliphatic heterocycles. The molecule has 0 aromatic carbocycles. The number of esters is 3. The smallest absolute Gasteiger partial charge is 0.461 e. The number of phosphoric acid groups is 1. The Hall–Kier alpha value is -4.38. The molecule has 0 saturated heterocycles. The van der Waals surface area contributed by atoms with Crippen LogP contribution in [0.2, 0.25) is 0 Å². The van der Waals surface area contributed by atoms with Gasteiger partial charge in [0.15, 0.2) is 6.10 Å². The van der Waals surface area contributed by atoms with Crippen LogP contribution in [0, 0.1) is 0 Å². The summed E-state index contributed by atoms with van der Waals surface area (Å²) in [5.41, 5.74) is 0. The molecule has 0 spiro atoms. The van der Waals surface area contributed by atoms with Crippen LogP contribution in [-0.2, 0) is 42.2 Å². The molecule has 0 heterocycles.